The fourth-order valence-electron chi connectivity index (χ4n) is 3.48. The van der Waals surface area contributed by atoms with Crippen molar-refractivity contribution in [2.45, 2.75) is 13.0 Å². The third-order valence-corrected chi connectivity index (χ3v) is 5.49. The van der Waals surface area contributed by atoms with E-state index in [1.54, 1.807) is 13.0 Å². The highest BCUT2D eigenvalue weighted by molar-refractivity contribution is 6.42. The van der Waals surface area contributed by atoms with Gasteiger partial charge in [-0.3, -0.25) is 9.36 Å². The van der Waals surface area contributed by atoms with E-state index >= 15 is 0 Å². The van der Waals surface area contributed by atoms with E-state index in [1.807, 2.05) is 41.0 Å². The summed E-state index contributed by atoms with van der Waals surface area (Å²) in [7, 11) is 1.37. The number of methoxy groups -OCH3 is 1. The summed E-state index contributed by atoms with van der Waals surface area (Å²) in [6.45, 7) is 1.80. The molecule has 0 saturated carbocycles. The van der Waals surface area contributed by atoms with Crippen molar-refractivity contribution < 1.29 is 9.53 Å². The number of nitrogens with zero attached hydrogens (tertiary/aromatic N) is 3. The number of halogens is 2. The summed E-state index contributed by atoms with van der Waals surface area (Å²) in [6.07, 6.45) is 0. The van der Waals surface area contributed by atoms with Gasteiger partial charge in [0.1, 0.15) is 5.92 Å². The van der Waals surface area contributed by atoms with Crippen LogP contribution in [0.1, 0.15) is 18.5 Å². The van der Waals surface area contributed by atoms with E-state index in [4.69, 9.17) is 27.9 Å². The van der Waals surface area contributed by atoms with E-state index in [9.17, 15) is 4.79 Å². The molecular formula is C19H15Cl2N3O2. The van der Waals surface area contributed by atoms with Gasteiger partial charge in [0.15, 0.2) is 0 Å². The first-order valence-corrected chi connectivity index (χ1v) is 8.82. The Kier molecular flexibility index (Phi) is 4.21. The molecule has 2 aromatic carbocycles. The number of fused-ring (bicyclic) bond motifs is 3. The molecule has 2 atom stereocenters. The lowest BCUT2D eigenvalue weighted by Crippen LogP contribution is -2.36. The molecule has 0 bridgehead atoms. The fourth-order valence-corrected chi connectivity index (χ4v) is 3.90. The number of carbonyl (C=O) groups excluding carboxylic acids is 1. The van der Waals surface area contributed by atoms with E-state index in [-0.39, 0.29) is 5.97 Å². The monoisotopic (exact) mass is 387 g/mol. The van der Waals surface area contributed by atoms with Gasteiger partial charge in [0.05, 0.1) is 34.2 Å². The number of esters is 1. The third kappa shape index (κ3) is 2.50. The highest BCUT2D eigenvalue weighted by Crippen LogP contribution is 2.43. The molecule has 0 N–H and O–H groups in total. The van der Waals surface area contributed by atoms with Gasteiger partial charge in [-0.15, -0.1) is 0 Å². The quantitative estimate of drug-likeness (QED) is 0.591. The molecule has 3 aromatic rings. The van der Waals surface area contributed by atoms with Crippen LogP contribution in [-0.4, -0.2) is 28.3 Å². The maximum atomic E-state index is 12.6. The Labute approximate surface area is 160 Å². The van der Waals surface area contributed by atoms with Crippen LogP contribution in [-0.2, 0) is 9.53 Å². The second-order valence-corrected chi connectivity index (χ2v) is 6.90. The van der Waals surface area contributed by atoms with Crippen LogP contribution in [0.3, 0.4) is 0 Å². The van der Waals surface area contributed by atoms with E-state index in [1.165, 1.54) is 7.11 Å². The summed E-state index contributed by atoms with van der Waals surface area (Å²) in [5.41, 5.74) is 3.02. The van der Waals surface area contributed by atoms with Crippen LogP contribution in [0, 0.1) is 5.92 Å². The Balaban J connectivity index is 2.06. The number of aliphatic imine (C=N–C) groups is 1. The van der Waals surface area contributed by atoms with Gasteiger partial charge >= 0.3 is 5.97 Å². The number of hydrogen-bond acceptors (Lipinski definition) is 4. The topological polar surface area (TPSA) is 56.5 Å². The summed E-state index contributed by atoms with van der Waals surface area (Å²) in [5.74, 6) is -0.471. The molecule has 1 aromatic heterocycles. The first-order chi connectivity index (χ1) is 12.5. The molecule has 2 unspecified atom stereocenters. The number of imidazole rings is 1. The zero-order valence-electron chi connectivity index (χ0n) is 14.1. The lowest BCUT2D eigenvalue weighted by atomic mass is 9.88. The number of benzene rings is 2. The summed E-state index contributed by atoms with van der Waals surface area (Å²) in [4.78, 5) is 21.8. The third-order valence-electron chi connectivity index (χ3n) is 4.65. The molecule has 4 rings (SSSR count). The largest absolute Gasteiger partial charge is 0.468 e. The molecule has 0 spiro atoms. The Hall–Kier alpha value is -2.37. The van der Waals surface area contributed by atoms with E-state index in [0.717, 1.165) is 16.6 Å². The van der Waals surface area contributed by atoms with Gasteiger partial charge in [0.2, 0.25) is 5.95 Å². The van der Waals surface area contributed by atoms with Gasteiger partial charge in [0, 0.05) is 5.71 Å². The molecular weight excluding hydrogens is 373 g/mol. The SMILES string of the molecule is COC(=O)C1C(C)=Nc2nc3ccccc3n2C1c1cccc(Cl)c1Cl. The zero-order chi connectivity index (χ0) is 18.4. The van der Waals surface area contributed by atoms with Crippen LogP contribution in [0.2, 0.25) is 10.0 Å². The Morgan fingerprint density at radius 2 is 1.92 bits per heavy atom. The predicted molar refractivity (Wildman–Crippen MR) is 103 cm³/mol. The van der Waals surface area contributed by atoms with Crippen LogP contribution in [0.5, 0.6) is 0 Å². The van der Waals surface area contributed by atoms with E-state index < -0.39 is 12.0 Å². The number of para-hydroxylation sites is 2. The number of ether oxygens (including phenoxy) is 1. The van der Waals surface area contributed by atoms with Crippen molar-refractivity contribution in [2.24, 2.45) is 10.9 Å². The lowest BCUT2D eigenvalue weighted by molar-refractivity contribution is -0.143. The molecule has 0 amide bonds. The first-order valence-electron chi connectivity index (χ1n) is 8.07. The van der Waals surface area contributed by atoms with Gasteiger partial charge in [-0.05, 0) is 30.7 Å². The summed E-state index contributed by atoms with van der Waals surface area (Å²) in [5, 5.41) is 0.838. The van der Waals surface area contributed by atoms with Crippen molar-refractivity contribution in [3.63, 3.8) is 0 Å². The Morgan fingerprint density at radius 3 is 2.69 bits per heavy atom. The molecule has 7 heteroatoms. The van der Waals surface area contributed by atoms with Crippen molar-refractivity contribution >= 4 is 51.9 Å². The smallest absolute Gasteiger partial charge is 0.316 e. The average molecular weight is 388 g/mol. The summed E-state index contributed by atoms with van der Waals surface area (Å²) in [6, 6.07) is 12.6. The molecule has 1 aliphatic rings. The number of aromatic nitrogens is 2. The van der Waals surface area contributed by atoms with Gasteiger partial charge in [-0.1, -0.05) is 47.5 Å². The van der Waals surface area contributed by atoms with Gasteiger partial charge in [0.25, 0.3) is 0 Å². The molecule has 0 saturated heterocycles. The Morgan fingerprint density at radius 1 is 1.15 bits per heavy atom. The normalized spacial score (nSPS) is 19.2. The molecule has 0 radical (unpaired) electrons. The van der Waals surface area contributed by atoms with Gasteiger partial charge < -0.3 is 4.74 Å². The standard InChI is InChI=1S/C19H15Cl2N3O2/c1-10-15(18(25)26-2)17(11-6-5-7-12(20)16(11)21)24-14-9-4-3-8-13(14)23-19(24)22-10/h3-9,15,17H,1-2H3. The Bertz CT molecular complexity index is 1060. The molecule has 5 nitrogen and oxygen atoms in total. The second-order valence-electron chi connectivity index (χ2n) is 6.11. The molecule has 132 valence electrons. The lowest BCUT2D eigenvalue weighted by Gasteiger charge is -2.32. The molecule has 0 fully saturated rings. The predicted octanol–water partition coefficient (Wildman–Crippen LogP) is 4.83. The minimum absolute atomic E-state index is 0.379. The summed E-state index contributed by atoms with van der Waals surface area (Å²) >= 11 is 12.8. The highest BCUT2D eigenvalue weighted by Gasteiger charge is 2.40. The zero-order valence-corrected chi connectivity index (χ0v) is 15.6. The number of rotatable bonds is 2. The molecule has 0 aliphatic carbocycles. The fraction of sp³-hybridized carbons (Fsp3) is 0.211. The maximum absolute atomic E-state index is 12.6. The molecule has 26 heavy (non-hydrogen) atoms. The minimum Gasteiger partial charge on any atom is -0.468 e. The maximum Gasteiger partial charge on any atom is 0.316 e. The van der Waals surface area contributed by atoms with E-state index in [0.29, 0.717) is 21.7 Å². The van der Waals surface area contributed by atoms with Crippen molar-refractivity contribution in [3.8, 4) is 0 Å². The van der Waals surface area contributed by atoms with Crippen LogP contribution >= 0.6 is 23.2 Å². The first kappa shape index (κ1) is 17.1. The van der Waals surface area contributed by atoms with Crippen LogP contribution < -0.4 is 0 Å². The van der Waals surface area contributed by atoms with Crippen molar-refractivity contribution in [3.05, 3.63) is 58.1 Å². The molecule has 1 aliphatic heterocycles. The van der Waals surface area contributed by atoms with Crippen molar-refractivity contribution in [1.82, 2.24) is 9.55 Å². The van der Waals surface area contributed by atoms with Crippen LogP contribution in [0.15, 0.2) is 47.5 Å². The molecule has 2 heterocycles. The second kappa shape index (κ2) is 6.41. The number of hydrogen-bond donors (Lipinski definition) is 0. The van der Waals surface area contributed by atoms with E-state index in [2.05, 4.69) is 9.98 Å². The van der Waals surface area contributed by atoms with Crippen LogP contribution in [0.25, 0.3) is 11.0 Å². The minimum atomic E-state index is -0.624. The highest BCUT2D eigenvalue weighted by atomic mass is 35.5. The van der Waals surface area contributed by atoms with Gasteiger partial charge in [-0.2, -0.15) is 0 Å². The van der Waals surface area contributed by atoms with Crippen molar-refractivity contribution in [2.75, 3.05) is 7.11 Å². The van der Waals surface area contributed by atoms with Gasteiger partial charge in [-0.25, -0.2) is 9.98 Å². The summed E-state index contributed by atoms with van der Waals surface area (Å²) < 4.78 is 6.99. The average Bonchev–Trinajstić information content (AvgIpc) is 3.00. The van der Waals surface area contributed by atoms with Crippen LogP contribution in [0.4, 0.5) is 5.95 Å². The van der Waals surface area contributed by atoms with Crippen molar-refractivity contribution in [1.29, 1.82) is 0 Å². The number of carbonyl (C=O) groups is 1.